The second-order valence-electron chi connectivity index (χ2n) is 5.78. The Bertz CT molecular complexity index is 951. The summed E-state index contributed by atoms with van der Waals surface area (Å²) in [5.74, 6) is 0.737. The Hall–Kier alpha value is -3.06. The molecule has 0 radical (unpaired) electrons. The number of halogens is 1. The lowest BCUT2D eigenvalue weighted by Crippen LogP contribution is -2.32. The molecule has 138 valence electrons. The van der Waals surface area contributed by atoms with Gasteiger partial charge in [0.2, 0.25) is 5.91 Å². The maximum absolute atomic E-state index is 12.0. The Balaban J connectivity index is 1.50. The molecule has 0 saturated heterocycles. The van der Waals surface area contributed by atoms with Crippen molar-refractivity contribution >= 4 is 33.4 Å². The molecule has 7 heteroatoms. The Labute approximate surface area is 164 Å². The smallest absolute Gasteiger partial charge is 0.287 e. The van der Waals surface area contributed by atoms with E-state index in [1.807, 2.05) is 31.2 Å². The summed E-state index contributed by atoms with van der Waals surface area (Å²) in [6.07, 6.45) is 0. The third-order valence-corrected chi connectivity index (χ3v) is 4.00. The normalized spacial score (nSPS) is 10.3. The molecule has 27 heavy (non-hydrogen) atoms. The van der Waals surface area contributed by atoms with E-state index in [-0.39, 0.29) is 18.2 Å². The van der Waals surface area contributed by atoms with Crippen LogP contribution in [0.5, 0.6) is 11.5 Å². The van der Waals surface area contributed by atoms with E-state index >= 15 is 0 Å². The first-order valence-corrected chi connectivity index (χ1v) is 8.97. The van der Waals surface area contributed by atoms with Gasteiger partial charge < -0.3 is 19.8 Å². The van der Waals surface area contributed by atoms with Gasteiger partial charge in [-0.2, -0.15) is 0 Å². The zero-order valence-corrected chi connectivity index (χ0v) is 16.1. The number of hydrogen-bond donors (Lipinski definition) is 2. The highest BCUT2D eigenvalue weighted by atomic mass is 79.9. The topological polar surface area (TPSA) is 80.6 Å². The van der Waals surface area contributed by atoms with Gasteiger partial charge in [-0.1, -0.05) is 12.1 Å². The molecule has 0 spiro atoms. The molecule has 0 fully saturated rings. The van der Waals surface area contributed by atoms with E-state index in [1.165, 1.54) is 6.07 Å². The minimum absolute atomic E-state index is 0.132. The predicted molar refractivity (Wildman–Crippen MR) is 105 cm³/mol. The van der Waals surface area contributed by atoms with Gasteiger partial charge in [-0.15, -0.1) is 0 Å². The van der Waals surface area contributed by atoms with Crippen LogP contribution in [-0.2, 0) is 4.79 Å². The number of rotatable bonds is 6. The van der Waals surface area contributed by atoms with Crippen molar-refractivity contribution in [1.29, 1.82) is 0 Å². The summed E-state index contributed by atoms with van der Waals surface area (Å²) in [7, 11) is 0. The molecule has 2 amide bonds. The maximum atomic E-state index is 12.0. The van der Waals surface area contributed by atoms with Crippen molar-refractivity contribution in [1.82, 2.24) is 5.32 Å². The standard InChI is InChI=1S/C20H17BrN2O4/c1-13-3-2-4-16(11-13)26-15-7-5-14(6-8-15)23-19(24)12-22-20(25)17-9-10-18(21)27-17/h2-11H,12H2,1H3,(H,22,25)(H,23,24). The highest BCUT2D eigenvalue weighted by Gasteiger charge is 2.12. The summed E-state index contributed by atoms with van der Waals surface area (Å²) < 4.78 is 11.3. The molecule has 0 atom stereocenters. The van der Waals surface area contributed by atoms with Crippen LogP contribution < -0.4 is 15.4 Å². The van der Waals surface area contributed by atoms with Crippen LogP contribution >= 0.6 is 15.9 Å². The second kappa shape index (κ2) is 8.55. The van der Waals surface area contributed by atoms with E-state index in [9.17, 15) is 9.59 Å². The molecule has 0 aliphatic heterocycles. The summed E-state index contributed by atoms with van der Waals surface area (Å²) in [4.78, 5) is 23.8. The van der Waals surface area contributed by atoms with Crippen molar-refractivity contribution in [2.24, 2.45) is 0 Å². The van der Waals surface area contributed by atoms with Crippen LogP contribution in [0.15, 0.2) is 69.8 Å². The second-order valence-corrected chi connectivity index (χ2v) is 6.56. The van der Waals surface area contributed by atoms with E-state index < -0.39 is 5.91 Å². The largest absolute Gasteiger partial charge is 0.457 e. The predicted octanol–water partition coefficient (Wildman–Crippen LogP) is 4.51. The molecular formula is C20H17BrN2O4. The molecule has 3 aromatic rings. The summed E-state index contributed by atoms with van der Waals surface area (Å²) in [6, 6.07) is 17.8. The number of nitrogens with one attached hydrogen (secondary N) is 2. The van der Waals surface area contributed by atoms with Gasteiger partial charge in [0.05, 0.1) is 6.54 Å². The van der Waals surface area contributed by atoms with Crippen LogP contribution in [0, 0.1) is 6.92 Å². The first-order valence-electron chi connectivity index (χ1n) is 8.17. The number of carbonyl (C=O) groups excluding carboxylic acids is 2. The first-order chi connectivity index (χ1) is 13.0. The van der Waals surface area contributed by atoms with Crippen LogP contribution in [0.2, 0.25) is 0 Å². The van der Waals surface area contributed by atoms with Gasteiger partial charge in [0.15, 0.2) is 10.4 Å². The van der Waals surface area contributed by atoms with Gasteiger partial charge in [-0.3, -0.25) is 9.59 Å². The highest BCUT2D eigenvalue weighted by molar-refractivity contribution is 9.10. The van der Waals surface area contributed by atoms with Crippen LogP contribution in [0.25, 0.3) is 0 Å². The first kappa shape index (κ1) is 18.7. The molecule has 1 heterocycles. The van der Waals surface area contributed by atoms with E-state index in [0.717, 1.165) is 11.3 Å². The average Bonchev–Trinajstić information content (AvgIpc) is 3.08. The van der Waals surface area contributed by atoms with Crippen LogP contribution in [0.3, 0.4) is 0 Å². The Kier molecular flexibility index (Phi) is 5.93. The molecule has 0 unspecified atom stereocenters. The fourth-order valence-electron chi connectivity index (χ4n) is 2.31. The lowest BCUT2D eigenvalue weighted by atomic mass is 10.2. The van der Waals surface area contributed by atoms with Crippen molar-refractivity contribution in [3.05, 3.63) is 76.7 Å². The van der Waals surface area contributed by atoms with Crippen molar-refractivity contribution in [3.63, 3.8) is 0 Å². The molecule has 6 nitrogen and oxygen atoms in total. The average molecular weight is 429 g/mol. The molecule has 1 aromatic heterocycles. The third-order valence-electron chi connectivity index (χ3n) is 3.57. The van der Waals surface area contributed by atoms with Crippen LogP contribution in [0.1, 0.15) is 16.1 Å². The van der Waals surface area contributed by atoms with E-state index in [0.29, 0.717) is 16.1 Å². The fourth-order valence-corrected chi connectivity index (χ4v) is 2.62. The summed E-state index contributed by atoms with van der Waals surface area (Å²) in [6.45, 7) is 1.83. The number of ether oxygens (including phenoxy) is 1. The lowest BCUT2D eigenvalue weighted by molar-refractivity contribution is -0.115. The van der Waals surface area contributed by atoms with Gasteiger partial charge in [-0.05, 0) is 76.9 Å². The van der Waals surface area contributed by atoms with Gasteiger partial charge >= 0.3 is 0 Å². The van der Waals surface area contributed by atoms with E-state index in [4.69, 9.17) is 9.15 Å². The van der Waals surface area contributed by atoms with Gasteiger partial charge in [-0.25, -0.2) is 0 Å². The van der Waals surface area contributed by atoms with Gasteiger partial charge in [0.1, 0.15) is 11.5 Å². The quantitative estimate of drug-likeness (QED) is 0.604. The van der Waals surface area contributed by atoms with E-state index in [1.54, 1.807) is 30.3 Å². The van der Waals surface area contributed by atoms with Gasteiger partial charge in [0, 0.05) is 5.69 Å². The monoisotopic (exact) mass is 428 g/mol. The number of benzene rings is 2. The summed E-state index contributed by atoms with van der Waals surface area (Å²) >= 11 is 3.12. The zero-order valence-electron chi connectivity index (χ0n) is 14.5. The van der Waals surface area contributed by atoms with Crippen molar-refractivity contribution in [2.45, 2.75) is 6.92 Å². The number of carbonyl (C=O) groups is 2. The van der Waals surface area contributed by atoms with Crippen LogP contribution in [0.4, 0.5) is 5.69 Å². The third kappa shape index (κ3) is 5.46. The highest BCUT2D eigenvalue weighted by Crippen LogP contribution is 2.23. The maximum Gasteiger partial charge on any atom is 0.287 e. The molecule has 2 N–H and O–H groups in total. The minimum Gasteiger partial charge on any atom is -0.457 e. The molecule has 0 aliphatic carbocycles. The fraction of sp³-hybridized carbons (Fsp3) is 0.100. The molecular weight excluding hydrogens is 412 g/mol. The Morgan fingerprint density at radius 2 is 1.81 bits per heavy atom. The molecule has 2 aromatic carbocycles. The molecule has 0 saturated carbocycles. The Morgan fingerprint density at radius 1 is 1.04 bits per heavy atom. The van der Waals surface area contributed by atoms with Crippen LogP contribution in [-0.4, -0.2) is 18.4 Å². The van der Waals surface area contributed by atoms with Crippen molar-refractivity contribution in [3.8, 4) is 11.5 Å². The minimum atomic E-state index is -0.460. The number of aryl methyl sites for hydroxylation is 1. The van der Waals surface area contributed by atoms with Crippen molar-refractivity contribution in [2.75, 3.05) is 11.9 Å². The summed E-state index contributed by atoms with van der Waals surface area (Å²) in [5, 5.41) is 5.20. The van der Waals surface area contributed by atoms with Crippen molar-refractivity contribution < 1.29 is 18.7 Å². The lowest BCUT2D eigenvalue weighted by Gasteiger charge is -2.09. The molecule has 0 bridgehead atoms. The Morgan fingerprint density at radius 3 is 2.48 bits per heavy atom. The van der Waals surface area contributed by atoms with Gasteiger partial charge in [0.25, 0.3) is 5.91 Å². The number of hydrogen-bond acceptors (Lipinski definition) is 4. The number of anilines is 1. The molecule has 0 aliphatic rings. The van der Waals surface area contributed by atoms with E-state index in [2.05, 4.69) is 26.6 Å². The zero-order chi connectivity index (χ0) is 19.2. The molecule has 3 rings (SSSR count). The summed E-state index contributed by atoms with van der Waals surface area (Å²) in [5.41, 5.74) is 1.71. The SMILES string of the molecule is Cc1cccc(Oc2ccc(NC(=O)CNC(=O)c3ccc(Br)o3)cc2)c1. The number of furan rings is 1. The number of amides is 2.